The van der Waals surface area contributed by atoms with Crippen molar-refractivity contribution in [1.29, 1.82) is 0 Å². The second-order valence-electron chi connectivity index (χ2n) is 7.31. The number of hydrogen-bond acceptors (Lipinski definition) is 4. The summed E-state index contributed by atoms with van der Waals surface area (Å²) in [6.07, 6.45) is 2.77. The van der Waals surface area contributed by atoms with Gasteiger partial charge in [0.15, 0.2) is 0 Å². The number of nitrogens with zero attached hydrogens (tertiary/aromatic N) is 2. The van der Waals surface area contributed by atoms with Gasteiger partial charge in [0.05, 0.1) is 11.3 Å². The monoisotopic (exact) mass is 354 g/mol. The Kier molecular flexibility index (Phi) is 4.26. The predicted octanol–water partition coefficient (Wildman–Crippen LogP) is 2.76. The average Bonchev–Trinajstić information content (AvgIpc) is 3.06. The van der Waals surface area contributed by atoms with Crippen molar-refractivity contribution in [3.05, 3.63) is 59.5 Å². The molecule has 1 aliphatic heterocycles. The average molecular weight is 354 g/mol. The van der Waals surface area contributed by atoms with Crippen LogP contribution in [0.5, 0.6) is 0 Å². The first kappa shape index (κ1) is 17.1. The number of piperidine rings is 1. The molecule has 3 aromatic rings. The van der Waals surface area contributed by atoms with Crippen LogP contribution in [0.3, 0.4) is 0 Å². The quantitative estimate of drug-likeness (QED) is 0.632. The molecule has 0 aliphatic carbocycles. The number of fused-ring (bicyclic) bond motifs is 1. The van der Waals surface area contributed by atoms with Crippen LogP contribution in [0.1, 0.15) is 37.1 Å². The highest BCUT2D eigenvalue weighted by Crippen LogP contribution is 2.31. The number of hydrogen-bond donors (Lipinski definition) is 3. The Morgan fingerprint density at radius 2 is 2.04 bits per heavy atom. The summed E-state index contributed by atoms with van der Waals surface area (Å²) in [4.78, 5) is 0. The number of nitrogens with one attached hydrogen (secondary N) is 1. The standard InChI is InChI=1S/C20H23FN4O/c1-20(9-2-10-23-12-20)14-4-6-15(7-5-14)25-11-13-3-8-16(21)17(19(22)26)18(13)24-25/h3-8,11,19,23,26H,2,9-10,12,22H2,1H3/t19?,20-/m1/s1. The van der Waals surface area contributed by atoms with Crippen molar-refractivity contribution in [2.45, 2.75) is 31.4 Å². The zero-order valence-electron chi connectivity index (χ0n) is 14.7. The van der Waals surface area contributed by atoms with E-state index in [1.807, 2.05) is 18.3 Å². The molecule has 26 heavy (non-hydrogen) atoms. The summed E-state index contributed by atoms with van der Waals surface area (Å²) < 4.78 is 15.7. The van der Waals surface area contributed by atoms with Crippen LogP contribution in [0.4, 0.5) is 4.39 Å². The molecular formula is C20H23FN4O. The fraction of sp³-hybridized carbons (Fsp3) is 0.350. The zero-order valence-corrected chi connectivity index (χ0v) is 14.7. The van der Waals surface area contributed by atoms with E-state index in [2.05, 4.69) is 29.5 Å². The number of aliphatic hydroxyl groups excluding tert-OH is 1. The number of halogens is 1. The van der Waals surface area contributed by atoms with Gasteiger partial charge in [-0.15, -0.1) is 0 Å². The lowest BCUT2D eigenvalue weighted by molar-refractivity contribution is 0.183. The molecule has 6 heteroatoms. The molecule has 136 valence electrons. The predicted molar refractivity (Wildman–Crippen MR) is 99.6 cm³/mol. The summed E-state index contributed by atoms with van der Waals surface area (Å²) in [5.74, 6) is -0.550. The highest BCUT2D eigenvalue weighted by molar-refractivity contribution is 5.82. The van der Waals surface area contributed by atoms with Crippen molar-refractivity contribution in [3.63, 3.8) is 0 Å². The van der Waals surface area contributed by atoms with E-state index in [-0.39, 0.29) is 11.0 Å². The van der Waals surface area contributed by atoms with Crippen molar-refractivity contribution in [1.82, 2.24) is 15.1 Å². The van der Waals surface area contributed by atoms with Gasteiger partial charge in [0.2, 0.25) is 0 Å². The Labute approximate surface area is 151 Å². The maximum atomic E-state index is 14.0. The first-order chi connectivity index (χ1) is 12.5. The minimum absolute atomic E-state index is 0.0265. The first-order valence-corrected chi connectivity index (χ1v) is 8.91. The number of aliphatic hydroxyl groups is 1. The largest absolute Gasteiger partial charge is 0.374 e. The van der Waals surface area contributed by atoms with Crippen molar-refractivity contribution in [2.24, 2.45) is 5.73 Å². The van der Waals surface area contributed by atoms with Crippen LogP contribution in [0.15, 0.2) is 42.6 Å². The van der Waals surface area contributed by atoms with Gasteiger partial charge in [0.25, 0.3) is 0 Å². The Balaban J connectivity index is 1.71. The number of rotatable bonds is 3. The summed E-state index contributed by atoms with van der Waals surface area (Å²) in [6, 6.07) is 11.3. The maximum Gasteiger partial charge on any atom is 0.133 e. The highest BCUT2D eigenvalue weighted by atomic mass is 19.1. The van der Waals surface area contributed by atoms with E-state index < -0.39 is 12.0 Å². The minimum Gasteiger partial charge on any atom is -0.374 e. The van der Waals surface area contributed by atoms with Gasteiger partial charge in [-0.25, -0.2) is 9.07 Å². The second-order valence-corrected chi connectivity index (χ2v) is 7.31. The van der Waals surface area contributed by atoms with Gasteiger partial charge in [-0.1, -0.05) is 19.1 Å². The van der Waals surface area contributed by atoms with Crippen LogP contribution in [-0.2, 0) is 5.41 Å². The zero-order chi connectivity index (χ0) is 18.3. The van der Waals surface area contributed by atoms with E-state index in [9.17, 15) is 9.50 Å². The van der Waals surface area contributed by atoms with Crippen LogP contribution in [0.2, 0.25) is 0 Å². The van der Waals surface area contributed by atoms with Crippen LogP contribution >= 0.6 is 0 Å². The number of nitrogens with two attached hydrogens (primary N) is 1. The third kappa shape index (κ3) is 2.90. The van der Waals surface area contributed by atoms with E-state index in [0.717, 1.165) is 24.2 Å². The van der Waals surface area contributed by atoms with Crippen LogP contribution in [-0.4, -0.2) is 28.0 Å². The minimum atomic E-state index is -1.40. The van der Waals surface area contributed by atoms with Crippen molar-refractivity contribution in [3.8, 4) is 5.69 Å². The van der Waals surface area contributed by atoms with Crippen molar-refractivity contribution in [2.75, 3.05) is 13.1 Å². The molecule has 4 rings (SSSR count). The second kappa shape index (κ2) is 6.46. The van der Waals surface area contributed by atoms with Crippen LogP contribution in [0, 0.1) is 5.82 Å². The highest BCUT2D eigenvalue weighted by Gasteiger charge is 2.28. The maximum absolute atomic E-state index is 14.0. The molecule has 0 radical (unpaired) electrons. The third-order valence-corrected chi connectivity index (χ3v) is 5.39. The summed E-state index contributed by atoms with van der Waals surface area (Å²) >= 11 is 0. The number of benzene rings is 2. The fourth-order valence-corrected chi connectivity index (χ4v) is 3.82. The third-order valence-electron chi connectivity index (χ3n) is 5.39. The lowest BCUT2D eigenvalue weighted by atomic mass is 9.76. The van der Waals surface area contributed by atoms with Crippen molar-refractivity contribution >= 4 is 10.9 Å². The van der Waals surface area contributed by atoms with Gasteiger partial charge < -0.3 is 16.2 Å². The molecule has 1 aliphatic rings. The fourth-order valence-electron chi connectivity index (χ4n) is 3.82. The molecule has 1 saturated heterocycles. The molecule has 2 heterocycles. The summed E-state index contributed by atoms with van der Waals surface area (Å²) in [5.41, 5.74) is 8.24. The summed E-state index contributed by atoms with van der Waals surface area (Å²) in [7, 11) is 0. The van der Waals surface area contributed by atoms with Crippen LogP contribution < -0.4 is 11.1 Å². The topological polar surface area (TPSA) is 76.1 Å². The normalized spacial score (nSPS) is 21.8. The van der Waals surface area contributed by atoms with Gasteiger partial charge in [0, 0.05) is 23.5 Å². The molecule has 1 fully saturated rings. The molecule has 2 aromatic carbocycles. The molecule has 0 saturated carbocycles. The first-order valence-electron chi connectivity index (χ1n) is 8.91. The molecule has 0 bridgehead atoms. The van der Waals surface area contributed by atoms with Gasteiger partial charge in [-0.2, -0.15) is 5.10 Å². The molecular weight excluding hydrogens is 331 g/mol. The van der Waals surface area contributed by atoms with Crippen LogP contribution in [0.25, 0.3) is 16.6 Å². The van der Waals surface area contributed by atoms with Crippen molar-refractivity contribution < 1.29 is 9.50 Å². The number of aromatic nitrogens is 2. The lowest BCUT2D eigenvalue weighted by Crippen LogP contribution is -2.41. The SMILES string of the molecule is C[C@@]1(c2ccc(-n3cc4ccc(F)c(C(N)O)c4n3)cc2)CCCNC1. The summed E-state index contributed by atoms with van der Waals surface area (Å²) in [6.45, 7) is 4.35. The van der Waals surface area contributed by atoms with Gasteiger partial charge in [-0.05, 0) is 49.2 Å². The van der Waals surface area contributed by atoms with E-state index in [1.54, 1.807) is 10.7 Å². The Morgan fingerprint density at radius 1 is 1.27 bits per heavy atom. The summed E-state index contributed by atoms with van der Waals surface area (Å²) in [5, 5.41) is 18.3. The molecule has 0 amide bonds. The molecule has 5 nitrogen and oxygen atoms in total. The molecule has 4 N–H and O–H groups in total. The Hall–Kier alpha value is -2.28. The molecule has 1 aromatic heterocycles. The van der Waals surface area contributed by atoms with Gasteiger partial charge in [0.1, 0.15) is 17.6 Å². The lowest BCUT2D eigenvalue weighted by Gasteiger charge is -2.34. The Bertz CT molecular complexity index is 927. The smallest absolute Gasteiger partial charge is 0.133 e. The molecule has 0 spiro atoms. The van der Waals surface area contributed by atoms with E-state index in [0.29, 0.717) is 5.52 Å². The van der Waals surface area contributed by atoms with E-state index in [1.165, 1.54) is 24.5 Å². The van der Waals surface area contributed by atoms with E-state index >= 15 is 0 Å². The Morgan fingerprint density at radius 3 is 2.69 bits per heavy atom. The van der Waals surface area contributed by atoms with Gasteiger partial charge >= 0.3 is 0 Å². The molecule has 1 unspecified atom stereocenters. The molecule has 2 atom stereocenters. The van der Waals surface area contributed by atoms with E-state index in [4.69, 9.17) is 5.73 Å². The van der Waals surface area contributed by atoms with Gasteiger partial charge in [-0.3, -0.25) is 0 Å².